The molecule has 5 nitrogen and oxygen atoms in total. The second-order valence-corrected chi connectivity index (χ2v) is 4.57. The van der Waals surface area contributed by atoms with E-state index >= 15 is 0 Å². The van der Waals surface area contributed by atoms with Gasteiger partial charge in [-0.2, -0.15) is 0 Å². The highest BCUT2D eigenvalue weighted by Gasteiger charge is 2.21. The van der Waals surface area contributed by atoms with E-state index in [1.807, 2.05) is 37.3 Å². The summed E-state index contributed by atoms with van der Waals surface area (Å²) in [5, 5.41) is 4.98. The minimum absolute atomic E-state index is 0.216. The molecule has 0 bridgehead atoms. The van der Waals surface area contributed by atoms with Gasteiger partial charge in [0.2, 0.25) is 0 Å². The first-order valence-corrected chi connectivity index (χ1v) is 6.61. The van der Waals surface area contributed by atoms with Crippen molar-refractivity contribution < 1.29 is 14.4 Å². The molecule has 1 fully saturated rings. The molecule has 1 aliphatic rings. The zero-order valence-electron chi connectivity index (χ0n) is 11.2. The topological polar surface area (TPSA) is 50.8 Å². The summed E-state index contributed by atoms with van der Waals surface area (Å²) in [5.74, 6) is 0.524. The summed E-state index contributed by atoms with van der Waals surface area (Å²) in [5.41, 5.74) is 0. The zero-order chi connectivity index (χ0) is 13.5. The largest absolute Gasteiger partial charge is 0.493 e. The van der Waals surface area contributed by atoms with Gasteiger partial charge in [-0.15, -0.1) is 5.06 Å². The lowest BCUT2D eigenvalue weighted by molar-refractivity contribution is -0.204. The van der Waals surface area contributed by atoms with Gasteiger partial charge in [0.05, 0.1) is 19.1 Å². The second-order valence-electron chi connectivity index (χ2n) is 4.57. The van der Waals surface area contributed by atoms with Crippen molar-refractivity contribution in [2.75, 3.05) is 26.2 Å². The molecule has 1 atom stereocenters. The van der Waals surface area contributed by atoms with E-state index in [4.69, 9.17) is 9.57 Å². The number of hydroxylamine groups is 2. The SMILES string of the molecule is CC1CNCCN1OC(=O)CCOc1ccccc1. The van der Waals surface area contributed by atoms with Gasteiger partial charge in [0.1, 0.15) is 5.75 Å². The first-order valence-electron chi connectivity index (χ1n) is 6.61. The predicted octanol–water partition coefficient (Wildman–Crippen LogP) is 1.21. The van der Waals surface area contributed by atoms with Crippen molar-refractivity contribution in [2.45, 2.75) is 19.4 Å². The lowest BCUT2D eigenvalue weighted by Gasteiger charge is -2.31. The van der Waals surface area contributed by atoms with Crippen LogP contribution >= 0.6 is 0 Å². The molecule has 1 unspecified atom stereocenters. The van der Waals surface area contributed by atoms with Crippen LogP contribution in [0.1, 0.15) is 13.3 Å². The molecule has 0 saturated carbocycles. The number of hydrogen-bond acceptors (Lipinski definition) is 5. The highest BCUT2D eigenvalue weighted by Crippen LogP contribution is 2.09. The third-order valence-corrected chi connectivity index (χ3v) is 2.98. The normalized spacial score (nSPS) is 19.9. The first-order chi connectivity index (χ1) is 9.25. The maximum Gasteiger partial charge on any atom is 0.328 e. The van der Waals surface area contributed by atoms with Gasteiger partial charge in [0, 0.05) is 19.6 Å². The molecule has 1 N–H and O–H groups in total. The standard InChI is InChI=1S/C14H20N2O3/c1-12-11-15-8-9-16(12)19-14(17)7-10-18-13-5-3-2-4-6-13/h2-6,12,15H,7-11H2,1H3. The average molecular weight is 264 g/mol. The second kappa shape index (κ2) is 7.11. The summed E-state index contributed by atoms with van der Waals surface area (Å²) in [6, 6.07) is 9.67. The van der Waals surface area contributed by atoms with Crippen molar-refractivity contribution in [2.24, 2.45) is 0 Å². The van der Waals surface area contributed by atoms with E-state index < -0.39 is 0 Å². The van der Waals surface area contributed by atoms with E-state index in [0.717, 1.165) is 25.4 Å². The number of ether oxygens (including phenoxy) is 1. The molecule has 0 radical (unpaired) electrons. The Balaban J connectivity index is 1.67. The van der Waals surface area contributed by atoms with Crippen molar-refractivity contribution in [1.82, 2.24) is 10.4 Å². The molecule has 0 spiro atoms. The Morgan fingerprint density at radius 1 is 1.42 bits per heavy atom. The Morgan fingerprint density at radius 3 is 2.95 bits per heavy atom. The summed E-state index contributed by atoms with van der Waals surface area (Å²) in [6.45, 7) is 4.78. The van der Waals surface area contributed by atoms with Gasteiger partial charge in [-0.3, -0.25) is 4.79 Å². The highest BCUT2D eigenvalue weighted by atomic mass is 16.7. The van der Waals surface area contributed by atoms with Crippen LogP contribution in [0.2, 0.25) is 0 Å². The average Bonchev–Trinajstić information content (AvgIpc) is 2.43. The molecule has 1 heterocycles. The molecular formula is C14H20N2O3. The Kier molecular flexibility index (Phi) is 5.18. The molecule has 1 saturated heterocycles. The molecule has 19 heavy (non-hydrogen) atoms. The van der Waals surface area contributed by atoms with Crippen molar-refractivity contribution in [3.05, 3.63) is 30.3 Å². The Hall–Kier alpha value is -1.59. The van der Waals surface area contributed by atoms with Crippen molar-refractivity contribution in [3.63, 3.8) is 0 Å². The summed E-state index contributed by atoms with van der Waals surface area (Å²) >= 11 is 0. The van der Waals surface area contributed by atoms with Gasteiger partial charge in [0.25, 0.3) is 0 Å². The van der Waals surface area contributed by atoms with Crippen molar-refractivity contribution in [3.8, 4) is 5.75 Å². The molecule has 2 rings (SSSR count). The van der Waals surface area contributed by atoms with Crippen molar-refractivity contribution in [1.29, 1.82) is 0 Å². The van der Waals surface area contributed by atoms with Crippen LogP contribution in [0.25, 0.3) is 0 Å². The molecular weight excluding hydrogens is 244 g/mol. The van der Waals surface area contributed by atoms with E-state index in [2.05, 4.69) is 5.32 Å². The lowest BCUT2D eigenvalue weighted by atomic mass is 10.3. The summed E-state index contributed by atoms with van der Waals surface area (Å²) in [7, 11) is 0. The third kappa shape index (κ3) is 4.54. The van der Waals surface area contributed by atoms with E-state index in [9.17, 15) is 4.79 Å². The number of nitrogens with zero attached hydrogens (tertiary/aromatic N) is 1. The smallest absolute Gasteiger partial charge is 0.328 e. The van der Waals surface area contributed by atoms with Crippen LogP contribution in [0.5, 0.6) is 5.75 Å². The van der Waals surface area contributed by atoms with Crippen LogP contribution in [-0.4, -0.2) is 43.3 Å². The van der Waals surface area contributed by atoms with Gasteiger partial charge in [0.15, 0.2) is 0 Å². The molecule has 5 heteroatoms. The van der Waals surface area contributed by atoms with E-state index in [1.165, 1.54) is 0 Å². The van der Waals surface area contributed by atoms with E-state index in [-0.39, 0.29) is 18.4 Å². The van der Waals surface area contributed by atoms with E-state index in [0.29, 0.717) is 6.61 Å². The van der Waals surface area contributed by atoms with Crippen LogP contribution in [0, 0.1) is 0 Å². The Labute approximate surface area is 113 Å². The van der Waals surface area contributed by atoms with Crippen LogP contribution in [0.15, 0.2) is 30.3 Å². The third-order valence-electron chi connectivity index (χ3n) is 2.98. The number of rotatable bonds is 5. The number of hydrogen-bond donors (Lipinski definition) is 1. The first kappa shape index (κ1) is 13.8. The van der Waals surface area contributed by atoms with E-state index in [1.54, 1.807) is 5.06 Å². The maximum absolute atomic E-state index is 11.7. The van der Waals surface area contributed by atoms with Crippen LogP contribution in [0.4, 0.5) is 0 Å². The van der Waals surface area contributed by atoms with Gasteiger partial charge in [-0.1, -0.05) is 18.2 Å². The minimum Gasteiger partial charge on any atom is -0.493 e. The number of para-hydroxylation sites is 1. The fourth-order valence-electron chi connectivity index (χ4n) is 1.90. The zero-order valence-corrected chi connectivity index (χ0v) is 11.2. The Bertz CT molecular complexity index is 397. The molecule has 104 valence electrons. The quantitative estimate of drug-likeness (QED) is 0.866. The predicted molar refractivity (Wildman–Crippen MR) is 71.7 cm³/mol. The highest BCUT2D eigenvalue weighted by molar-refractivity contribution is 5.69. The molecule has 1 aliphatic heterocycles. The molecule has 0 aliphatic carbocycles. The molecule has 1 aromatic carbocycles. The number of nitrogens with one attached hydrogen (secondary N) is 1. The van der Waals surface area contributed by atoms with Crippen LogP contribution in [-0.2, 0) is 9.63 Å². The number of carbonyl (C=O) groups is 1. The van der Waals surface area contributed by atoms with Crippen LogP contribution < -0.4 is 10.1 Å². The monoisotopic (exact) mass is 264 g/mol. The fourth-order valence-corrected chi connectivity index (χ4v) is 1.90. The van der Waals surface area contributed by atoms with Gasteiger partial charge in [-0.05, 0) is 19.1 Å². The molecule has 1 aromatic rings. The van der Waals surface area contributed by atoms with Gasteiger partial charge >= 0.3 is 5.97 Å². The number of piperazine rings is 1. The molecule has 0 aromatic heterocycles. The minimum atomic E-state index is -0.246. The van der Waals surface area contributed by atoms with Crippen molar-refractivity contribution >= 4 is 5.97 Å². The summed E-state index contributed by atoms with van der Waals surface area (Å²) in [4.78, 5) is 17.0. The number of benzene rings is 1. The maximum atomic E-state index is 11.7. The summed E-state index contributed by atoms with van der Waals surface area (Å²) < 4.78 is 5.46. The fraction of sp³-hybridized carbons (Fsp3) is 0.500. The lowest BCUT2D eigenvalue weighted by Crippen LogP contribution is -2.50. The van der Waals surface area contributed by atoms with Gasteiger partial charge < -0.3 is 14.9 Å². The molecule has 0 amide bonds. The van der Waals surface area contributed by atoms with Gasteiger partial charge in [-0.25, -0.2) is 0 Å². The Morgan fingerprint density at radius 2 is 2.21 bits per heavy atom. The summed E-state index contributed by atoms with van der Waals surface area (Å²) in [6.07, 6.45) is 0.255. The van der Waals surface area contributed by atoms with Crippen LogP contribution in [0.3, 0.4) is 0 Å². The number of carbonyl (C=O) groups excluding carboxylic acids is 1.